The average Bonchev–Trinajstić information content (AvgIpc) is 3.02. The Morgan fingerprint density at radius 1 is 1.29 bits per heavy atom. The maximum Gasteiger partial charge on any atom is 0.306 e. The van der Waals surface area contributed by atoms with E-state index in [2.05, 4.69) is 15.5 Å². The van der Waals surface area contributed by atoms with Crippen molar-refractivity contribution < 1.29 is 14.1 Å². The van der Waals surface area contributed by atoms with Crippen LogP contribution in [0.1, 0.15) is 0 Å². The molecule has 0 aliphatic rings. The second kappa shape index (κ2) is 8.23. The van der Waals surface area contributed by atoms with Gasteiger partial charge in [0.15, 0.2) is 5.82 Å². The van der Waals surface area contributed by atoms with E-state index in [1.807, 2.05) is 0 Å². The average molecular weight is 423 g/mol. The number of carbonyl (C=O) groups is 1. The van der Waals surface area contributed by atoms with Gasteiger partial charge in [-0.25, -0.2) is 4.68 Å². The predicted molar refractivity (Wildman–Crippen MR) is 103 cm³/mol. The molecule has 0 saturated carbocycles. The quantitative estimate of drug-likeness (QED) is 0.270. The lowest BCUT2D eigenvalue weighted by Gasteiger charge is -2.06. The van der Waals surface area contributed by atoms with Crippen LogP contribution in [0, 0.1) is 15.9 Å². The van der Waals surface area contributed by atoms with Crippen molar-refractivity contribution in [3.63, 3.8) is 0 Å². The molecule has 1 amide bonds. The number of hydrogen-bond donors (Lipinski definition) is 2. The number of nitrogens with one attached hydrogen (secondary N) is 1. The first-order valence-corrected chi connectivity index (χ1v) is 9.04. The molecule has 0 atom stereocenters. The molecule has 0 bridgehead atoms. The van der Waals surface area contributed by atoms with Crippen LogP contribution in [0.3, 0.4) is 0 Å². The van der Waals surface area contributed by atoms with E-state index in [0.717, 1.165) is 23.9 Å². The molecule has 0 radical (unpaired) electrons. The van der Waals surface area contributed by atoms with Crippen LogP contribution in [0.5, 0.6) is 0 Å². The number of nitrogen functional groups attached to an aromatic ring is 1. The van der Waals surface area contributed by atoms with Crippen LogP contribution in [0.2, 0.25) is 5.02 Å². The lowest BCUT2D eigenvalue weighted by Crippen LogP contribution is -2.16. The van der Waals surface area contributed by atoms with Crippen LogP contribution in [-0.4, -0.2) is 31.5 Å². The first-order chi connectivity index (χ1) is 13.3. The highest BCUT2D eigenvalue weighted by Gasteiger charge is 2.17. The van der Waals surface area contributed by atoms with Crippen LogP contribution >= 0.6 is 23.4 Å². The molecule has 0 spiro atoms. The van der Waals surface area contributed by atoms with Crippen LogP contribution in [0.4, 0.5) is 15.8 Å². The Morgan fingerprint density at radius 3 is 2.68 bits per heavy atom. The number of rotatable bonds is 6. The lowest BCUT2D eigenvalue weighted by molar-refractivity contribution is -0.387. The van der Waals surface area contributed by atoms with Crippen molar-refractivity contribution in [1.29, 1.82) is 0 Å². The number of aromatic nitrogens is 3. The zero-order valence-corrected chi connectivity index (χ0v) is 15.6. The van der Waals surface area contributed by atoms with Crippen molar-refractivity contribution in [2.24, 2.45) is 0 Å². The largest absolute Gasteiger partial charge is 0.335 e. The molecule has 144 valence electrons. The number of carbonyl (C=O) groups excluding carboxylic acids is 1. The lowest BCUT2D eigenvalue weighted by atomic mass is 10.2. The van der Waals surface area contributed by atoms with E-state index in [1.54, 1.807) is 24.3 Å². The third-order valence-electron chi connectivity index (χ3n) is 3.53. The molecule has 12 heteroatoms. The third kappa shape index (κ3) is 4.38. The Morgan fingerprint density at radius 2 is 2.00 bits per heavy atom. The van der Waals surface area contributed by atoms with Crippen LogP contribution in [-0.2, 0) is 4.79 Å². The normalized spacial score (nSPS) is 10.6. The van der Waals surface area contributed by atoms with E-state index in [0.29, 0.717) is 21.6 Å². The summed E-state index contributed by atoms with van der Waals surface area (Å²) in [5.74, 6) is 4.83. The van der Waals surface area contributed by atoms with Gasteiger partial charge < -0.3 is 11.2 Å². The minimum absolute atomic E-state index is 0.0822. The maximum absolute atomic E-state index is 13.3. The van der Waals surface area contributed by atoms with Gasteiger partial charge in [-0.15, -0.1) is 10.2 Å². The first kappa shape index (κ1) is 19.6. The molecule has 1 heterocycles. The number of nitrogens with zero attached hydrogens (tertiary/aromatic N) is 4. The summed E-state index contributed by atoms with van der Waals surface area (Å²) in [7, 11) is 0. The number of nitro groups is 1. The van der Waals surface area contributed by atoms with E-state index in [9.17, 15) is 19.3 Å². The molecule has 1 aromatic heterocycles. The molecule has 9 nitrogen and oxygen atoms in total. The summed E-state index contributed by atoms with van der Waals surface area (Å²) in [5.41, 5.74) is 0.0869. The van der Waals surface area contributed by atoms with Crippen LogP contribution in [0.15, 0.2) is 47.6 Å². The van der Waals surface area contributed by atoms with Gasteiger partial charge in [0.2, 0.25) is 16.9 Å². The van der Waals surface area contributed by atoms with Crippen molar-refractivity contribution in [3.8, 4) is 11.4 Å². The Labute approximate surface area is 166 Å². The van der Waals surface area contributed by atoms with Gasteiger partial charge >= 0.3 is 5.69 Å². The van der Waals surface area contributed by atoms with Gasteiger partial charge in [-0.1, -0.05) is 23.4 Å². The molecule has 0 saturated heterocycles. The number of amides is 1. The predicted octanol–water partition coefficient (Wildman–Crippen LogP) is 3.09. The summed E-state index contributed by atoms with van der Waals surface area (Å²) >= 11 is 6.88. The van der Waals surface area contributed by atoms with Gasteiger partial charge in [-0.2, -0.15) is 4.39 Å². The zero-order valence-electron chi connectivity index (χ0n) is 14.0. The number of halogens is 2. The topological polar surface area (TPSA) is 129 Å². The van der Waals surface area contributed by atoms with E-state index in [-0.39, 0.29) is 11.4 Å². The summed E-state index contributed by atoms with van der Waals surface area (Å²) < 4.78 is 14.6. The Balaban J connectivity index is 1.65. The third-order valence-corrected chi connectivity index (χ3v) is 4.72. The number of nitrogens with two attached hydrogens (primary N) is 1. The van der Waals surface area contributed by atoms with Crippen LogP contribution in [0.25, 0.3) is 11.4 Å². The summed E-state index contributed by atoms with van der Waals surface area (Å²) in [6.45, 7) is 0. The van der Waals surface area contributed by atoms with Crippen molar-refractivity contribution in [2.75, 3.05) is 16.9 Å². The monoisotopic (exact) mass is 422 g/mol. The summed E-state index contributed by atoms with van der Waals surface area (Å²) in [4.78, 5) is 22.0. The molecule has 0 fully saturated rings. The fraction of sp³-hybridized carbons (Fsp3) is 0.0625. The zero-order chi connectivity index (χ0) is 20.3. The molecule has 0 unspecified atom stereocenters. The van der Waals surface area contributed by atoms with E-state index >= 15 is 0 Å². The number of nitro benzene ring substituents is 1. The number of hydrogen-bond acceptors (Lipinski definition) is 7. The minimum atomic E-state index is -0.983. The van der Waals surface area contributed by atoms with Gasteiger partial charge in [-0.3, -0.25) is 14.9 Å². The molecule has 0 aliphatic carbocycles. The first-order valence-electron chi connectivity index (χ1n) is 7.68. The summed E-state index contributed by atoms with van der Waals surface area (Å²) in [5, 5.41) is 22.0. The molecule has 3 N–H and O–H groups in total. The van der Waals surface area contributed by atoms with Gasteiger partial charge in [-0.05, 0) is 36.4 Å². The molecular weight excluding hydrogens is 411 g/mol. The summed E-state index contributed by atoms with van der Waals surface area (Å²) in [6, 6.07) is 9.94. The van der Waals surface area contributed by atoms with Crippen LogP contribution < -0.4 is 11.2 Å². The smallest absolute Gasteiger partial charge is 0.306 e. The second-order valence-corrected chi connectivity index (χ2v) is 6.82. The highest BCUT2D eigenvalue weighted by Crippen LogP contribution is 2.24. The van der Waals surface area contributed by atoms with E-state index in [4.69, 9.17) is 17.4 Å². The highest BCUT2D eigenvalue weighted by atomic mass is 35.5. The minimum Gasteiger partial charge on any atom is -0.335 e. The van der Waals surface area contributed by atoms with E-state index < -0.39 is 22.3 Å². The van der Waals surface area contributed by atoms with E-state index in [1.165, 1.54) is 10.7 Å². The summed E-state index contributed by atoms with van der Waals surface area (Å²) in [6.07, 6.45) is 0. The fourth-order valence-corrected chi connectivity index (χ4v) is 3.01. The number of anilines is 1. The SMILES string of the molecule is Nn1c(SCC(=O)Nc2ccc(F)c([N+](=O)[O-])c2)nnc1-c1ccc(Cl)cc1. The Kier molecular flexibility index (Phi) is 5.76. The number of benzene rings is 2. The second-order valence-electron chi connectivity index (χ2n) is 5.44. The van der Waals surface area contributed by atoms with Crippen molar-refractivity contribution in [3.05, 3.63) is 63.4 Å². The van der Waals surface area contributed by atoms with Crippen molar-refractivity contribution in [1.82, 2.24) is 14.9 Å². The van der Waals surface area contributed by atoms with Gasteiger partial charge in [0.1, 0.15) is 0 Å². The Hall–Kier alpha value is -3.18. The standard InChI is InChI=1S/C16H12ClFN6O3S/c17-10-3-1-9(2-4-10)15-21-22-16(23(15)19)28-8-14(25)20-11-5-6-12(18)13(7-11)24(26)27/h1-7H,8,19H2,(H,20,25). The molecule has 28 heavy (non-hydrogen) atoms. The number of thioether (sulfide) groups is 1. The molecule has 0 aliphatic heterocycles. The molecule has 3 rings (SSSR count). The van der Waals surface area contributed by atoms with Gasteiger partial charge in [0, 0.05) is 22.3 Å². The maximum atomic E-state index is 13.3. The molecule has 2 aromatic carbocycles. The molecule has 3 aromatic rings. The van der Waals surface area contributed by atoms with Crippen molar-refractivity contribution in [2.45, 2.75) is 5.16 Å². The van der Waals surface area contributed by atoms with Gasteiger partial charge in [0.25, 0.3) is 0 Å². The fourth-order valence-electron chi connectivity index (χ4n) is 2.23. The Bertz CT molecular complexity index is 1040. The molecular formula is C16H12ClFN6O3S. The highest BCUT2D eigenvalue weighted by molar-refractivity contribution is 7.99. The van der Waals surface area contributed by atoms with Crippen molar-refractivity contribution >= 4 is 40.6 Å². The van der Waals surface area contributed by atoms with Gasteiger partial charge in [0.05, 0.1) is 10.7 Å².